The molecular formula is C28H25N7O. The van der Waals surface area contributed by atoms with Crippen LogP contribution in [0.3, 0.4) is 0 Å². The van der Waals surface area contributed by atoms with Gasteiger partial charge in [0.1, 0.15) is 1.37 Å². The lowest BCUT2D eigenvalue weighted by molar-refractivity contribution is 0.102. The van der Waals surface area contributed by atoms with Crippen molar-refractivity contribution >= 4 is 23.2 Å². The highest BCUT2D eigenvalue weighted by Gasteiger charge is 2.12. The van der Waals surface area contributed by atoms with Gasteiger partial charge in [-0.05, 0) is 80.2 Å². The van der Waals surface area contributed by atoms with Crippen molar-refractivity contribution in [3.63, 3.8) is 0 Å². The molecule has 0 spiro atoms. The molecule has 36 heavy (non-hydrogen) atoms. The Hall–Kier alpha value is -4.85. The molecule has 0 atom stereocenters. The first-order chi connectivity index (χ1) is 24.1. The maximum Gasteiger partial charge on any atom is 0.255 e. The van der Waals surface area contributed by atoms with Crippen molar-refractivity contribution in [3.8, 4) is 16.9 Å². The van der Waals surface area contributed by atoms with E-state index in [1.807, 2.05) is 0 Å². The fourth-order valence-electron chi connectivity index (χ4n) is 2.96. The topological polar surface area (TPSA) is 97.6 Å². The van der Waals surface area contributed by atoms with Gasteiger partial charge in [0.25, 0.3) is 5.91 Å². The molecule has 8 heteroatoms. The molecule has 0 fully saturated rings. The molecule has 178 valence electrons. The Morgan fingerprint density at radius 2 is 2.06 bits per heavy atom. The molecule has 1 amide bonds. The molecule has 0 saturated heterocycles. The second-order valence-corrected chi connectivity index (χ2v) is 7.21. The van der Waals surface area contributed by atoms with Crippen molar-refractivity contribution in [1.82, 2.24) is 24.5 Å². The molecule has 0 bridgehead atoms. The molecular weight excluding hydrogens is 450 g/mol. The van der Waals surface area contributed by atoms with Crippen LogP contribution >= 0.6 is 0 Å². The van der Waals surface area contributed by atoms with Gasteiger partial charge < -0.3 is 15.2 Å². The van der Waals surface area contributed by atoms with Crippen LogP contribution in [0, 0.1) is 20.7 Å². The first-order valence-corrected chi connectivity index (χ1v) is 10.3. The second-order valence-electron chi connectivity index (χ2n) is 7.21. The van der Waals surface area contributed by atoms with Crippen molar-refractivity contribution in [1.29, 1.82) is 0 Å². The summed E-state index contributed by atoms with van der Waals surface area (Å²) in [7, 11) is 0. The second kappa shape index (κ2) is 9.79. The van der Waals surface area contributed by atoms with E-state index in [-0.39, 0.29) is 39.7 Å². The quantitative estimate of drug-likeness (QED) is 0.319. The number of benzene rings is 2. The number of aryl methyl sites for hydroxylation is 1. The summed E-state index contributed by atoms with van der Waals surface area (Å²) in [6.45, 7) is -0.498. The van der Waals surface area contributed by atoms with E-state index in [0.29, 0.717) is 0 Å². The minimum Gasteiger partial charge on any atom is -0.324 e. The summed E-state index contributed by atoms with van der Waals surface area (Å²) in [6.07, 6.45) is -1.04. The van der Waals surface area contributed by atoms with Crippen LogP contribution in [0.5, 0.6) is 0 Å². The lowest BCUT2D eigenvalue weighted by Crippen LogP contribution is -2.13. The van der Waals surface area contributed by atoms with Crippen LogP contribution in [-0.2, 0) is 0 Å². The Morgan fingerprint density at radius 1 is 1.14 bits per heavy atom. The molecule has 3 aromatic heterocycles. The largest absolute Gasteiger partial charge is 0.324 e. The van der Waals surface area contributed by atoms with Crippen molar-refractivity contribution < 1.29 is 26.8 Å². The van der Waals surface area contributed by atoms with E-state index in [0.717, 1.165) is 10.8 Å². The molecule has 0 aliphatic carbocycles. The van der Waals surface area contributed by atoms with Gasteiger partial charge in [0.05, 0.1) is 32.8 Å². The number of pyridine rings is 1. The predicted molar refractivity (Wildman–Crippen MR) is 141 cm³/mol. The van der Waals surface area contributed by atoms with E-state index in [2.05, 4.69) is 25.3 Å². The zero-order valence-electron chi connectivity index (χ0n) is 34.7. The number of amides is 1. The minimum absolute atomic E-state index is 0.0885. The van der Waals surface area contributed by atoms with Gasteiger partial charge >= 0.3 is 0 Å². The average molecular weight is 492 g/mol. The van der Waals surface area contributed by atoms with Gasteiger partial charge in [0, 0.05) is 57.0 Å². The Bertz CT molecular complexity index is 2330. The van der Waals surface area contributed by atoms with Gasteiger partial charge in [0.2, 0.25) is 5.95 Å². The van der Waals surface area contributed by atoms with Gasteiger partial charge in [-0.1, -0.05) is 6.04 Å². The third-order valence-electron chi connectivity index (χ3n) is 4.51. The summed E-state index contributed by atoms with van der Waals surface area (Å²) in [5, 5.41) is 2.44. The molecule has 8 nitrogen and oxygen atoms in total. The van der Waals surface area contributed by atoms with E-state index in [1.165, 1.54) is 19.9 Å². The highest BCUT2D eigenvalue weighted by atomic mass is 16.1. The highest BCUT2D eigenvalue weighted by Crippen LogP contribution is 2.24. The van der Waals surface area contributed by atoms with Crippen LogP contribution in [0.1, 0.15) is 47.7 Å². The number of imidazole rings is 1. The van der Waals surface area contributed by atoms with Gasteiger partial charge in [-0.25, -0.2) is 15.0 Å². The maximum absolute atomic E-state index is 13.9. The molecule has 0 aliphatic rings. The monoisotopic (exact) mass is 491 g/mol. The summed E-state index contributed by atoms with van der Waals surface area (Å²) in [6, 6.07) is -4.88. The summed E-state index contributed by atoms with van der Waals surface area (Å²) >= 11 is 0. The molecule has 3 heterocycles. The Kier molecular flexibility index (Phi) is 2.94. The number of carbonyl (C=O) groups excluding carboxylic acids is 1. The highest BCUT2D eigenvalue weighted by molar-refractivity contribution is 6.05. The number of hydrogen-bond acceptors (Lipinski definition) is 6. The van der Waals surface area contributed by atoms with Crippen molar-refractivity contribution in [3.05, 3.63) is 108 Å². The lowest BCUT2D eigenvalue weighted by Gasteiger charge is -2.13. The third-order valence-corrected chi connectivity index (χ3v) is 4.51. The first-order valence-electron chi connectivity index (χ1n) is 18.2. The number of nitrogens with zero attached hydrogens (tertiary/aromatic N) is 5. The fourth-order valence-corrected chi connectivity index (χ4v) is 2.96. The van der Waals surface area contributed by atoms with Crippen molar-refractivity contribution in [2.24, 2.45) is 0 Å². The van der Waals surface area contributed by atoms with E-state index in [1.54, 1.807) is 0 Å². The number of rotatable bonds is 6. The molecule has 0 saturated carbocycles. The van der Waals surface area contributed by atoms with Crippen molar-refractivity contribution in [2.45, 2.75) is 20.7 Å². The smallest absolute Gasteiger partial charge is 0.255 e. The van der Waals surface area contributed by atoms with E-state index < -0.39 is 108 Å². The van der Waals surface area contributed by atoms with Crippen LogP contribution < -0.4 is 10.6 Å². The molecule has 2 aromatic carbocycles. The number of anilines is 3. The van der Waals surface area contributed by atoms with Crippen molar-refractivity contribution in [2.75, 3.05) is 10.6 Å². The van der Waals surface area contributed by atoms with Crippen LogP contribution in [0.25, 0.3) is 16.9 Å². The minimum atomic E-state index is -3.25. The SMILES string of the molecule is [2H]c1nc([2H])c(-c2ccnc(N([2H])c3c([2H])c(C(=O)Nc4c([2H])c(C)c([2H])c(-n5c([2H])nc(C)c5[2H])c4[2H])c([2H])c([2H])c3C([2H])([2H])[2H])n2)c([2H])c1[2H]. The summed E-state index contributed by atoms with van der Waals surface area (Å²) in [4.78, 5) is 29.3. The molecule has 0 radical (unpaired) electrons. The zero-order valence-corrected chi connectivity index (χ0v) is 18.7. The van der Waals surface area contributed by atoms with Gasteiger partial charge in [-0.15, -0.1) is 0 Å². The van der Waals surface area contributed by atoms with Gasteiger partial charge in [-0.3, -0.25) is 9.78 Å². The normalized spacial score (nSPS) is 17.4. The van der Waals surface area contributed by atoms with Crippen LogP contribution in [0.2, 0.25) is 1.41 Å². The van der Waals surface area contributed by atoms with Crippen LogP contribution in [0.15, 0.2) is 85.4 Å². The molecule has 2 N–H and O–H groups in total. The van der Waals surface area contributed by atoms with E-state index in [9.17, 15) is 4.79 Å². The molecule has 5 rings (SSSR count). The maximum atomic E-state index is 13.9. The van der Waals surface area contributed by atoms with E-state index >= 15 is 0 Å². The predicted octanol–water partition coefficient (Wildman–Crippen LogP) is 5.65. The van der Waals surface area contributed by atoms with Crippen LogP contribution in [-0.4, -0.2) is 30.4 Å². The first kappa shape index (κ1) is 10.8. The van der Waals surface area contributed by atoms with Gasteiger partial charge in [0.15, 0.2) is 1.41 Å². The Morgan fingerprint density at radius 3 is 2.89 bits per heavy atom. The standard InChI is InChI=1S/C28H25N7O/c1-18-11-23(14-24(12-18)35-16-20(3)31-17-35)32-27(36)21-7-6-19(2)26(13-21)34-28-30-10-8-25(33-28)22-5-4-9-29-15-22/h4-17H,1-3H3,(H,32,36)(H,30,33,34)/i2D3,4D,5D,6D,7D,9D,11D,12D,13D,14D,15D,16D,17D/hD. The molecule has 5 aromatic rings. The zero-order chi connectivity index (χ0) is 38.9. The number of carbonyl (C=O) groups is 1. The summed E-state index contributed by atoms with van der Waals surface area (Å²) < 4.78 is 134. The third kappa shape index (κ3) is 5.12. The number of nitrogens with one attached hydrogen (secondary N) is 2. The number of aromatic nitrogens is 5. The number of hydrogen-bond donors (Lipinski definition) is 2. The lowest BCUT2D eigenvalue weighted by atomic mass is 10.1. The molecule has 0 unspecified atom stereocenters. The summed E-state index contributed by atoms with van der Waals surface area (Å²) in [5.74, 6) is -2.06. The Labute approximate surface area is 231 Å². The fraction of sp³-hybridized carbons (Fsp3) is 0.107. The average Bonchev–Trinajstić information content (AvgIpc) is 3.31. The van der Waals surface area contributed by atoms with Gasteiger partial charge in [-0.2, -0.15) is 0 Å². The van der Waals surface area contributed by atoms with E-state index in [4.69, 9.17) is 22.0 Å². The molecule has 0 aliphatic heterocycles. The summed E-state index contributed by atoms with van der Waals surface area (Å²) in [5.41, 5.74) is -4.37. The van der Waals surface area contributed by atoms with Crippen LogP contribution in [0.4, 0.5) is 17.3 Å². The Balaban J connectivity index is 1.70.